The number of Topliss-reactive ketones (excluding diaryl/α,β-unsaturated/α-hetero) is 1. The van der Waals surface area contributed by atoms with Gasteiger partial charge in [-0.3, -0.25) is 19.3 Å². The molecule has 2 aliphatic rings. The molecule has 0 aliphatic carbocycles. The van der Waals surface area contributed by atoms with E-state index in [2.05, 4.69) is 0 Å². The van der Waals surface area contributed by atoms with E-state index in [1.165, 1.54) is 23.6 Å². The minimum Gasteiger partial charge on any atom is -0.461 e. The number of fused-ring (bicyclic) bond motifs is 1. The zero-order valence-corrected chi connectivity index (χ0v) is 14.9. The largest absolute Gasteiger partial charge is 0.461 e. The predicted molar refractivity (Wildman–Crippen MR) is 88.2 cm³/mol. The number of nitrogens with two attached hydrogens (primary N) is 1. The molecule has 0 aromatic heterocycles. The van der Waals surface area contributed by atoms with Gasteiger partial charge in [0.05, 0.1) is 6.61 Å². The molecule has 2 N–H and O–H groups in total. The number of nitrogens with zero attached hydrogens (tertiary/aromatic N) is 1. The van der Waals surface area contributed by atoms with Gasteiger partial charge in [0, 0.05) is 11.3 Å². The van der Waals surface area contributed by atoms with Gasteiger partial charge in [-0.05, 0) is 13.8 Å². The Labute approximate surface area is 149 Å². The molecule has 0 aromatic carbocycles. The van der Waals surface area contributed by atoms with E-state index in [1.807, 2.05) is 0 Å². The molecule has 2 atom stereocenters. The summed E-state index contributed by atoms with van der Waals surface area (Å²) in [6.45, 7) is 2.93. The maximum absolute atomic E-state index is 12.2. The summed E-state index contributed by atoms with van der Waals surface area (Å²) < 4.78 is 10.00. The molecule has 2 aliphatic heterocycles. The second kappa shape index (κ2) is 8.50. The molecule has 134 valence electrons. The first-order chi connectivity index (χ1) is 10.9. The number of halogens is 1. The number of esters is 2. The second-order valence-electron chi connectivity index (χ2n) is 5.15. The number of carbonyl (C=O) groups excluding carboxylic acids is 4. The van der Waals surface area contributed by atoms with Crippen molar-refractivity contribution in [2.75, 3.05) is 19.0 Å². The van der Waals surface area contributed by atoms with Crippen LogP contribution < -0.4 is 5.73 Å². The van der Waals surface area contributed by atoms with E-state index in [9.17, 15) is 19.2 Å². The molecule has 2 heterocycles. The lowest BCUT2D eigenvalue weighted by atomic mass is 10.0. The van der Waals surface area contributed by atoms with Gasteiger partial charge in [-0.25, -0.2) is 4.79 Å². The Bertz CT molecular complexity index is 594. The van der Waals surface area contributed by atoms with Gasteiger partial charge in [-0.15, -0.1) is 24.2 Å². The molecule has 0 aromatic rings. The highest BCUT2D eigenvalue weighted by molar-refractivity contribution is 8.00. The fourth-order valence-electron chi connectivity index (χ4n) is 2.30. The number of thioether (sulfide) groups is 1. The van der Waals surface area contributed by atoms with Crippen molar-refractivity contribution in [2.45, 2.75) is 31.7 Å². The van der Waals surface area contributed by atoms with Crippen LogP contribution in [-0.4, -0.2) is 58.9 Å². The minimum atomic E-state index is -0.674. The fraction of sp³-hybridized carbons (Fsp3) is 0.571. The molecule has 0 bridgehead atoms. The van der Waals surface area contributed by atoms with Crippen molar-refractivity contribution in [1.29, 1.82) is 0 Å². The maximum Gasteiger partial charge on any atom is 0.355 e. The van der Waals surface area contributed by atoms with E-state index < -0.39 is 18.0 Å². The number of rotatable bonds is 6. The molecule has 1 saturated heterocycles. The SMILES string of the molecule is CCOC(=O)C1=C(COC(=O)CC(C)=O)CS[C@H]2C(N)C(=O)N12.Cl. The third-order valence-electron chi connectivity index (χ3n) is 3.36. The number of hydrogen-bond acceptors (Lipinski definition) is 8. The summed E-state index contributed by atoms with van der Waals surface area (Å²) in [6.07, 6.45) is -0.328. The Morgan fingerprint density at radius 2 is 2.00 bits per heavy atom. The summed E-state index contributed by atoms with van der Waals surface area (Å²) in [5.74, 6) is -1.60. The molecule has 10 heteroatoms. The monoisotopic (exact) mass is 378 g/mol. The third-order valence-corrected chi connectivity index (χ3v) is 4.72. The first kappa shape index (κ1) is 20.5. The Kier molecular flexibility index (Phi) is 7.25. The van der Waals surface area contributed by atoms with Gasteiger partial charge in [0.25, 0.3) is 0 Å². The van der Waals surface area contributed by atoms with E-state index in [0.29, 0.717) is 11.3 Å². The number of ether oxygens (including phenoxy) is 2. The summed E-state index contributed by atoms with van der Waals surface area (Å²) in [6, 6.07) is -0.647. The van der Waals surface area contributed by atoms with Crippen LogP contribution in [-0.2, 0) is 28.7 Å². The highest BCUT2D eigenvalue weighted by atomic mass is 35.5. The van der Waals surface area contributed by atoms with Gasteiger partial charge < -0.3 is 15.2 Å². The Morgan fingerprint density at radius 1 is 1.33 bits per heavy atom. The molecule has 1 fully saturated rings. The highest BCUT2D eigenvalue weighted by Crippen LogP contribution is 2.39. The molecule has 1 amide bonds. The van der Waals surface area contributed by atoms with Crippen LogP contribution in [0.4, 0.5) is 0 Å². The van der Waals surface area contributed by atoms with Crippen molar-refractivity contribution in [3.63, 3.8) is 0 Å². The van der Waals surface area contributed by atoms with Crippen LogP contribution in [0.5, 0.6) is 0 Å². The van der Waals surface area contributed by atoms with Gasteiger partial charge in [0.2, 0.25) is 5.91 Å². The second-order valence-corrected chi connectivity index (χ2v) is 6.25. The van der Waals surface area contributed by atoms with Crippen LogP contribution in [0.3, 0.4) is 0 Å². The Balaban J connectivity index is 0.00000288. The fourth-order valence-corrected chi connectivity index (χ4v) is 3.57. The number of hydrogen-bond donors (Lipinski definition) is 1. The standard InChI is InChI=1S/C14H18N2O6S.ClH/c1-3-21-14(20)11-8(5-22-9(18)4-7(2)17)6-23-13-10(15)12(19)16(11)13;/h10,13H,3-6,15H2,1-2H3;1H/t10?,13-;/m0./s1. The maximum atomic E-state index is 12.2. The average Bonchev–Trinajstić information content (AvgIpc) is 2.50. The number of β-lactam (4-membered cyclic amide) rings is 1. The summed E-state index contributed by atoms with van der Waals surface area (Å²) in [7, 11) is 0. The van der Waals surface area contributed by atoms with Gasteiger partial charge in [0.15, 0.2) is 0 Å². The van der Waals surface area contributed by atoms with Crippen LogP contribution in [0, 0.1) is 0 Å². The van der Waals surface area contributed by atoms with Crippen LogP contribution >= 0.6 is 24.2 Å². The van der Waals surface area contributed by atoms with E-state index in [4.69, 9.17) is 15.2 Å². The zero-order chi connectivity index (χ0) is 17.1. The summed E-state index contributed by atoms with van der Waals surface area (Å²) in [5, 5.41) is -0.307. The molecular weight excluding hydrogens is 360 g/mol. The lowest BCUT2D eigenvalue weighted by Crippen LogP contribution is -2.68. The quantitative estimate of drug-likeness (QED) is 0.389. The van der Waals surface area contributed by atoms with Crippen LogP contribution in [0.25, 0.3) is 0 Å². The predicted octanol–water partition coefficient (Wildman–Crippen LogP) is -0.00990. The molecule has 24 heavy (non-hydrogen) atoms. The minimum absolute atomic E-state index is 0. The van der Waals surface area contributed by atoms with Gasteiger partial charge in [0.1, 0.15) is 35.9 Å². The molecule has 8 nitrogen and oxygen atoms in total. The van der Waals surface area contributed by atoms with Crippen molar-refractivity contribution in [3.8, 4) is 0 Å². The van der Waals surface area contributed by atoms with Crippen molar-refractivity contribution in [2.24, 2.45) is 5.73 Å². The summed E-state index contributed by atoms with van der Waals surface area (Å²) in [5.41, 5.74) is 6.30. The van der Waals surface area contributed by atoms with E-state index in [-0.39, 0.29) is 54.8 Å². The van der Waals surface area contributed by atoms with Crippen molar-refractivity contribution >= 4 is 47.8 Å². The van der Waals surface area contributed by atoms with Crippen LogP contribution in [0.1, 0.15) is 20.3 Å². The van der Waals surface area contributed by atoms with E-state index in [1.54, 1.807) is 6.92 Å². The van der Waals surface area contributed by atoms with Crippen molar-refractivity contribution in [1.82, 2.24) is 4.90 Å². The first-order valence-electron chi connectivity index (χ1n) is 7.11. The van der Waals surface area contributed by atoms with Gasteiger partial charge in [-0.1, -0.05) is 0 Å². The third kappa shape index (κ3) is 4.08. The van der Waals surface area contributed by atoms with Gasteiger partial charge in [-0.2, -0.15) is 0 Å². The van der Waals surface area contributed by atoms with Crippen LogP contribution in [0.15, 0.2) is 11.3 Å². The van der Waals surface area contributed by atoms with E-state index >= 15 is 0 Å². The van der Waals surface area contributed by atoms with Crippen molar-refractivity contribution in [3.05, 3.63) is 11.3 Å². The molecule has 1 unspecified atom stereocenters. The molecular formula is C14H19ClN2O6S. The number of amides is 1. The smallest absolute Gasteiger partial charge is 0.355 e. The lowest BCUT2D eigenvalue weighted by Gasteiger charge is -2.48. The van der Waals surface area contributed by atoms with E-state index in [0.717, 1.165) is 0 Å². The lowest BCUT2D eigenvalue weighted by molar-refractivity contribution is -0.151. The van der Waals surface area contributed by atoms with Crippen LogP contribution in [0.2, 0.25) is 0 Å². The van der Waals surface area contributed by atoms with Crippen molar-refractivity contribution < 1.29 is 28.7 Å². The molecule has 0 radical (unpaired) electrons. The summed E-state index contributed by atoms with van der Waals surface area (Å²) in [4.78, 5) is 47.8. The normalized spacial score (nSPS) is 22.1. The number of ketones is 1. The topological polar surface area (TPSA) is 116 Å². The molecule has 2 rings (SSSR count). The molecule has 0 spiro atoms. The number of carbonyl (C=O) groups is 4. The zero-order valence-electron chi connectivity index (χ0n) is 13.3. The Morgan fingerprint density at radius 3 is 2.58 bits per heavy atom. The first-order valence-corrected chi connectivity index (χ1v) is 8.16. The summed E-state index contributed by atoms with van der Waals surface area (Å²) >= 11 is 1.39. The highest BCUT2D eigenvalue weighted by Gasteiger charge is 2.52. The van der Waals surface area contributed by atoms with Gasteiger partial charge >= 0.3 is 11.9 Å². The molecule has 0 saturated carbocycles. The Hall–Kier alpha value is -1.58. The average molecular weight is 379 g/mol.